The number of nitro benzene ring substituents is 1. The van der Waals surface area contributed by atoms with Crippen LogP contribution in [0.15, 0.2) is 41.6 Å². The average Bonchev–Trinajstić information content (AvgIpc) is 2.98. The van der Waals surface area contributed by atoms with E-state index in [1.165, 1.54) is 6.92 Å². The molecule has 0 unspecified atom stereocenters. The number of rotatable bonds is 7. The van der Waals surface area contributed by atoms with Crippen LogP contribution in [0.4, 0.5) is 5.69 Å². The minimum Gasteiger partial charge on any atom is -0.340 e. The Morgan fingerprint density at radius 3 is 2.43 bits per heavy atom. The first-order chi connectivity index (χ1) is 13.4. The molecule has 0 spiro atoms. The molecule has 7 nitrogen and oxygen atoms in total. The highest BCUT2D eigenvalue weighted by Gasteiger charge is 2.15. The summed E-state index contributed by atoms with van der Waals surface area (Å²) >= 11 is 0. The van der Waals surface area contributed by atoms with Crippen LogP contribution >= 0.6 is 0 Å². The standard InChI is InChI=1S/C21H23N3O4/c1-4-5-6-11-23-20-9-7-16(14(2)22-28-15(3)25)12-18(20)19-13-17(24(26)27)8-10-21(19)23/h7-10,12-13H,4-6,11H2,1-3H3. The highest BCUT2D eigenvalue weighted by molar-refractivity contribution is 6.12. The summed E-state index contributed by atoms with van der Waals surface area (Å²) in [7, 11) is 0. The highest BCUT2D eigenvalue weighted by atomic mass is 16.7. The molecule has 0 aliphatic heterocycles. The molecule has 3 aromatic rings. The Kier molecular flexibility index (Phi) is 5.73. The maximum absolute atomic E-state index is 11.3. The number of oxime groups is 1. The largest absolute Gasteiger partial charge is 0.340 e. The van der Waals surface area contributed by atoms with Crippen LogP contribution in [0.25, 0.3) is 21.8 Å². The molecule has 0 atom stereocenters. The molecule has 0 fully saturated rings. The zero-order valence-electron chi connectivity index (χ0n) is 16.3. The zero-order chi connectivity index (χ0) is 20.3. The number of carbonyl (C=O) groups is 1. The third kappa shape index (κ3) is 3.88. The van der Waals surface area contributed by atoms with Gasteiger partial charge in [-0.05, 0) is 37.1 Å². The Bertz CT molecular complexity index is 1080. The quantitative estimate of drug-likeness (QED) is 0.185. The van der Waals surface area contributed by atoms with Gasteiger partial charge in [-0.15, -0.1) is 0 Å². The lowest BCUT2D eigenvalue weighted by molar-refractivity contribution is -0.384. The molecular weight excluding hydrogens is 358 g/mol. The number of hydrogen-bond acceptors (Lipinski definition) is 5. The van der Waals surface area contributed by atoms with Crippen molar-refractivity contribution in [1.29, 1.82) is 0 Å². The average molecular weight is 381 g/mol. The Morgan fingerprint density at radius 2 is 1.79 bits per heavy atom. The number of nitro groups is 1. The summed E-state index contributed by atoms with van der Waals surface area (Å²) < 4.78 is 2.21. The van der Waals surface area contributed by atoms with Crippen molar-refractivity contribution in [2.24, 2.45) is 5.16 Å². The fourth-order valence-corrected chi connectivity index (χ4v) is 3.38. The number of unbranched alkanes of at least 4 members (excludes halogenated alkanes) is 2. The molecule has 28 heavy (non-hydrogen) atoms. The molecule has 0 aliphatic carbocycles. The van der Waals surface area contributed by atoms with E-state index in [-0.39, 0.29) is 10.6 Å². The van der Waals surface area contributed by atoms with Gasteiger partial charge in [0.2, 0.25) is 0 Å². The number of hydrogen-bond donors (Lipinski definition) is 0. The molecular formula is C21H23N3O4. The van der Waals surface area contributed by atoms with Gasteiger partial charge in [0.05, 0.1) is 10.6 Å². The Morgan fingerprint density at radius 1 is 1.11 bits per heavy atom. The predicted molar refractivity (Wildman–Crippen MR) is 110 cm³/mol. The van der Waals surface area contributed by atoms with E-state index in [1.54, 1.807) is 19.1 Å². The molecule has 3 rings (SSSR count). The van der Waals surface area contributed by atoms with E-state index in [0.29, 0.717) is 5.71 Å². The number of fused-ring (bicyclic) bond motifs is 3. The van der Waals surface area contributed by atoms with Gasteiger partial charge in [0.25, 0.3) is 5.69 Å². The first kappa shape index (κ1) is 19.5. The van der Waals surface area contributed by atoms with E-state index >= 15 is 0 Å². The molecule has 146 valence electrons. The molecule has 0 aliphatic rings. The first-order valence-electron chi connectivity index (χ1n) is 9.35. The van der Waals surface area contributed by atoms with E-state index in [1.807, 2.05) is 24.3 Å². The molecule has 2 aromatic carbocycles. The fraction of sp³-hybridized carbons (Fsp3) is 0.333. The lowest BCUT2D eigenvalue weighted by Crippen LogP contribution is -2.00. The summed E-state index contributed by atoms with van der Waals surface area (Å²) in [6.45, 7) is 6.06. The molecule has 1 aromatic heterocycles. The number of non-ortho nitro benzene ring substituents is 1. The van der Waals surface area contributed by atoms with Crippen molar-refractivity contribution in [3.63, 3.8) is 0 Å². The monoisotopic (exact) mass is 381 g/mol. The number of aromatic nitrogens is 1. The van der Waals surface area contributed by atoms with Gasteiger partial charge in [-0.25, -0.2) is 4.79 Å². The van der Waals surface area contributed by atoms with E-state index < -0.39 is 5.97 Å². The van der Waals surface area contributed by atoms with Crippen molar-refractivity contribution in [1.82, 2.24) is 4.57 Å². The Balaban J connectivity index is 2.18. The summed E-state index contributed by atoms with van der Waals surface area (Å²) in [5, 5.41) is 16.9. The molecule has 0 saturated heterocycles. The third-order valence-corrected chi connectivity index (χ3v) is 4.77. The van der Waals surface area contributed by atoms with E-state index in [0.717, 1.165) is 53.2 Å². The normalized spacial score (nSPS) is 11.9. The number of aryl methyl sites for hydroxylation is 1. The maximum atomic E-state index is 11.3. The summed E-state index contributed by atoms with van der Waals surface area (Å²) in [5.41, 5.74) is 3.43. The van der Waals surface area contributed by atoms with Gasteiger partial charge in [-0.2, -0.15) is 0 Å². The van der Waals surface area contributed by atoms with Gasteiger partial charge in [0.15, 0.2) is 0 Å². The van der Waals surface area contributed by atoms with Crippen LogP contribution in [0, 0.1) is 10.1 Å². The molecule has 0 radical (unpaired) electrons. The summed E-state index contributed by atoms with van der Waals surface area (Å²) in [6, 6.07) is 10.9. The van der Waals surface area contributed by atoms with Gasteiger partial charge in [0, 0.05) is 47.4 Å². The van der Waals surface area contributed by atoms with Gasteiger partial charge in [-0.1, -0.05) is 31.0 Å². The predicted octanol–water partition coefficient (Wildman–Crippen LogP) is 5.18. The SMILES string of the molecule is CCCCCn1c2ccc(C(C)=NOC(C)=O)cc2c2cc([N+](=O)[O-])ccc21. The fourth-order valence-electron chi connectivity index (χ4n) is 3.38. The van der Waals surface area contributed by atoms with E-state index in [9.17, 15) is 14.9 Å². The number of carbonyl (C=O) groups excluding carboxylic acids is 1. The summed E-state index contributed by atoms with van der Waals surface area (Å²) in [6.07, 6.45) is 3.29. The summed E-state index contributed by atoms with van der Waals surface area (Å²) in [5.74, 6) is -0.483. The van der Waals surface area contributed by atoms with Crippen molar-refractivity contribution in [3.05, 3.63) is 52.1 Å². The molecule has 0 saturated carbocycles. The summed E-state index contributed by atoms with van der Waals surface area (Å²) in [4.78, 5) is 26.6. The molecule has 0 bridgehead atoms. The Labute approximate surface area is 162 Å². The molecule has 1 heterocycles. The van der Waals surface area contributed by atoms with Crippen LogP contribution in [0.2, 0.25) is 0 Å². The van der Waals surface area contributed by atoms with Gasteiger partial charge in [0.1, 0.15) is 0 Å². The molecule has 0 N–H and O–H groups in total. The smallest absolute Gasteiger partial charge is 0.331 e. The first-order valence-corrected chi connectivity index (χ1v) is 9.35. The van der Waals surface area contributed by atoms with Crippen molar-refractivity contribution < 1.29 is 14.6 Å². The van der Waals surface area contributed by atoms with Crippen molar-refractivity contribution in [2.45, 2.75) is 46.6 Å². The second kappa shape index (κ2) is 8.21. The van der Waals surface area contributed by atoms with Crippen LogP contribution in [0.1, 0.15) is 45.6 Å². The highest BCUT2D eigenvalue weighted by Crippen LogP contribution is 2.33. The second-order valence-corrected chi connectivity index (χ2v) is 6.81. The van der Waals surface area contributed by atoms with Gasteiger partial charge >= 0.3 is 5.97 Å². The minimum absolute atomic E-state index is 0.0656. The van der Waals surface area contributed by atoms with Crippen LogP contribution in [0.3, 0.4) is 0 Å². The van der Waals surface area contributed by atoms with E-state index in [4.69, 9.17) is 4.84 Å². The van der Waals surface area contributed by atoms with Crippen molar-refractivity contribution in [2.75, 3.05) is 0 Å². The van der Waals surface area contributed by atoms with Crippen LogP contribution < -0.4 is 0 Å². The number of nitrogens with zero attached hydrogens (tertiary/aromatic N) is 3. The number of benzene rings is 2. The maximum Gasteiger partial charge on any atom is 0.331 e. The van der Waals surface area contributed by atoms with Gasteiger partial charge < -0.3 is 9.40 Å². The zero-order valence-corrected chi connectivity index (χ0v) is 16.3. The lowest BCUT2D eigenvalue weighted by Gasteiger charge is -2.07. The van der Waals surface area contributed by atoms with Crippen molar-refractivity contribution in [3.8, 4) is 0 Å². The minimum atomic E-state index is -0.483. The van der Waals surface area contributed by atoms with Gasteiger partial charge in [-0.3, -0.25) is 10.1 Å². The molecule has 7 heteroatoms. The second-order valence-electron chi connectivity index (χ2n) is 6.81. The Hall–Kier alpha value is -3.22. The van der Waals surface area contributed by atoms with Crippen molar-refractivity contribution >= 4 is 39.2 Å². The third-order valence-electron chi connectivity index (χ3n) is 4.77. The molecule has 0 amide bonds. The topological polar surface area (TPSA) is 86.7 Å². The van der Waals surface area contributed by atoms with Crippen LogP contribution in [-0.2, 0) is 16.2 Å². The van der Waals surface area contributed by atoms with Crippen LogP contribution in [-0.4, -0.2) is 21.2 Å². The van der Waals surface area contributed by atoms with E-state index in [2.05, 4.69) is 16.6 Å². The lowest BCUT2D eigenvalue weighted by atomic mass is 10.1. The van der Waals surface area contributed by atoms with Crippen LogP contribution in [0.5, 0.6) is 0 Å².